The number of aliphatic hydroxyl groups excluding tert-OH is 1. The van der Waals surface area contributed by atoms with Crippen LogP contribution in [-0.2, 0) is 17.9 Å². The fraction of sp³-hybridized carbons (Fsp3) is 0.500. The number of aromatic nitrogens is 1. The third-order valence-corrected chi connectivity index (χ3v) is 6.48. The Balaban J connectivity index is 1.23. The van der Waals surface area contributed by atoms with Crippen molar-refractivity contribution >= 4 is 0 Å². The predicted molar refractivity (Wildman–Crippen MR) is 101 cm³/mol. The second-order valence-electron chi connectivity index (χ2n) is 8.14. The Labute approximate surface area is 159 Å². The minimum absolute atomic E-state index is 0.00878. The molecule has 0 saturated carbocycles. The number of aliphatic hydroxyl groups is 1. The van der Waals surface area contributed by atoms with Crippen molar-refractivity contribution in [2.24, 2.45) is 11.8 Å². The number of hydrogen-bond donors (Lipinski definition) is 1. The van der Waals surface area contributed by atoms with Crippen LogP contribution in [0.5, 0.6) is 5.75 Å². The molecule has 0 aliphatic carbocycles. The standard InChI is InChI=1S/C22H26N2O3/c25-13-19-20-12-24(15-22(20)8-7-21(19)27-22)11-16-4-3-6-18(10-16)26-14-17-5-1-2-9-23-17/h1-6,9-10,19-21,25H,7-8,11-15H2/t19-,20+,21+,22+/m0/s1. The van der Waals surface area contributed by atoms with Crippen LogP contribution in [0.2, 0.25) is 0 Å². The highest BCUT2D eigenvalue weighted by atomic mass is 16.5. The van der Waals surface area contributed by atoms with Crippen LogP contribution in [0.1, 0.15) is 24.1 Å². The van der Waals surface area contributed by atoms with E-state index in [9.17, 15) is 5.11 Å². The molecule has 5 rings (SSSR count). The molecule has 2 bridgehead atoms. The van der Waals surface area contributed by atoms with E-state index >= 15 is 0 Å². The molecule has 1 N–H and O–H groups in total. The van der Waals surface area contributed by atoms with Crippen molar-refractivity contribution < 1.29 is 14.6 Å². The summed E-state index contributed by atoms with van der Waals surface area (Å²) in [6.07, 6.45) is 4.31. The van der Waals surface area contributed by atoms with Crippen molar-refractivity contribution in [3.05, 3.63) is 59.9 Å². The van der Waals surface area contributed by atoms with Crippen LogP contribution in [-0.4, -0.2) is 46.4 Å². The van der Waals surface area contributed by atoms with Gasteiger partial charge in [-0.3, -0.25) is 9.88 Å². The van der Waals surface area contributed by atoms with E-state index in [2.05, 4.69) is 28.1 Å². The topological polar surface area (TPSA) is 54.8 Å². The molecule has 5 heteroatoms. The smallest absolute Gasteiger partial charge is 0.130 e. The van der Waals surface area contributed by atoms with Gasteiger partial charge in [-0.25, -0.2) is 0 Å². The summed E-state index contributed by atoms with van der Waals surface area (Å²) in [4.78, 5) is 6.78. The van der Waals surface area contributed by atoms with Gasteiger partial charge < -0.3 is 14.6 Å². The van der Waals surface area contributed by atoms with Crippen molar-refractivity contribution in [1.29, 1.82) is 0 Å². The normalized spacial score (nSPS) is 32.0. The minimum Gasteiger partial charge on any atom is -0.487 e. The van der Waals surface area contributed by atoms with Crippen LogP contribution in [0.3, 0.4) is 0 Å². The van der Waals surface area contributed by atoms with Gasteiger partial charge in [0.1, 0.15) is 12.4 Å². The number of hydrogen-bond acceptors (Lipinski definition) is 5. The lowest BCUT2D eigenvalue weighted by Crippen LogP contribution is -2.37. The molecule has 3 aliphatic heterocycles. The number of rotatable bonds is 6. The molecule has 2 aromatic rings. The van der Waals surface area contributed by atoms with E-state index in [4.69, 9.17) is 9.47 Å². The largest absolute Gasteiger partial charge is 0.487 e. The molecule has 1 spiro atoms. The summed E-state index contributed by atoms with van der Waals surface area (Å²) in [5.41, 5.74) is 2.17. The Kier molecular flexibility index (Phi) is 4.38. The number of pyridine rings is 1. The third-order valence-electron chi connectivity index (χ3n) is 6.48. The Morgan fingerprint density at radius 2 is 2.22 bits per heavy atom. The molecule has 3 fully saturated rings. The summed E-state index contributed by atoms with van der Waals surface area (Å²) in [5.74, 6) is 1.67. The van der Waals surface area contributed by atoms with Crippen molar-refractivity contribution in [3.8, 4) is 5.75 Å². The molecule has 5 nitrogen and oxygen atoms in total. The number of benzene rings is 1. The van der Waals surface area contributed by atoms with Gasteiger partial charge >= 0.3 is 0 Å². The average Bonchev–Trinajstić information content (AvgIpc) is 3.35. The fourth-order valence-corrected chi connectivity index (χ4v) is 5.28. The number of fused-ring (bicyclic) bond motifs is 1. The molecule has 1 aromatic heterocycles. The molecule has 27 heavy (non-hydrogen) atoms. The molecular weight excluding hydrogens is 340 g/mol. The first-order valence-corrected chi connectivity index (χ1v) is 9.88. The SMILES string of the molecule is OC[C@H]1[C@H]2CN(Cc3cccc(OCc4ccccn4)c3)C[C@]23CC[C@H]1O3. The van der Waals surface area contributed by atoms with Crippen LogP contribution in [0.15, 0.2) is 48.7 Å². The average molecular weight is 366 g/mol. The minimum atomic E-state index is -0.00878. The van der Waals surface area contributed by atoms with Crippen molar-refractivity contribution in [1.82, 2.24) is 9.88 Å². The van der Waals surface area contributed by atoms with E-state index in [0.29, 0.717) is 18.4 Å². The van der Waals surface area contributed by atoms with Crippen LogP contribution in [0, 0.1) is 11.8 Å². The zero-order valence-electron chi connectivity index (χ0n) is 15.5. The number of ether oxygens (including phenoxy) is 2. The maximum atomic E-state index is 9.78. The van der Waals surface area contributed by atoms with Crippen molar-refractivity contribution in [2.75, 3.05) is 19.7 Å². The van der Waals surface area contributed by atoms with E-state index < -0.39 is 0 Å². The van der Waals surface area contributed by atoms with Crippen LogP contribution < -0.4 is 4.74 Å². The summed E-state index contributed by atoms with van der Waals surface area (Å²) in [6, 6.07) is 14.2. The maximum absolute atomic E-state index is 9.78. The van der Waals surface area contributed by atoms with E-state index in [1.807, 2.05) is 24.3 Å². The summed E-state index contributed by atoms with van der Waals surface area (Å²) < 4.78 is 12.2. The predicted octanol–water partition coefficient (Wildman–Crippen LogP) is 2.63. The molecule has 142 valence electrons. The van der Waals surface area contributed by atoms with Crippen molar-refractivity contribution in [2.45, 2.75) is 37.7 Å². The van der Waals surface area contributed by atoms with Crippen molar-refractivity contribution in [3.63, 3.8) is 0 Å². The first-order valence-electron chi connectivity index (χ1n) is 9.88. The van der Waals surface area contributed by atoms with Gasteiger partial charge in [0.15, 0.2) is 0 Å². The van der Waals surface area contributed by atoms with Gasteiger partial charge in [-0.15, -0.1) is 0 Å². The molecule has 1 aromatic carbocycles. The zero-order chi connectivity index (χ0) is 18.3. The molecule has 3 aliphatic rings. The van der Waals surface area contributed by atoms with Gasteiger partial charge in [0, 0.05) is 44.3 Å². The monoisotopic (exact) mass is 366 g/mol. The fourth-order valence-electron chi connectivity index (χ4n) is 5.28. The number of nitrogens with zero attached hydrogens (tertiary/aromatic N) is 2. The Bertz CT molecular complexity index is 799. The molecule has 0 unspecified atom stereocenters. The Morgan fingerprint density at radius 3 is 3.07 bits per heavy atom. The highest BCUT2D eigenvalue weighted by molar-refractivity contribution is 5.29. The molecule has 3 saturated heterocycles. The summed E-state index contributed by atoms with van der Waals surface area (Å²) in [5, 5.41) is 9.78. The zero-order valence-corrected chi connectivity index (χ0v) is 15.5. The first-order chi connectivity index (χ1) is 13.3. The van der Waals surface area contributed by atoms with Gasteiger partial charge in [-0.1, -0.05) is 18.2 Å². The Morgan fingerprint density at radius 1 is 1.26 bits per heavy atom. The van der Waals surface area contributed by atoms with Gasteiger partial charge in [0.2, 0.25) is 0 Å². The lowest BCUT2D eigenvalue weighted by atomic mass is 9.74. The highest BCUT2D eigenvalue weighted by Gasteiger charge is 2.62. The highest BCUT2D eigenvalue weighted by Crippen LogP contribution is 2.54. The molecule has 4 heterocycles. The lowest BCUT2D eigenvalue weighted by Gasteiger charge is -2.28. The molecular formula is C22H26N2O3. The number of likely N-dealkylation sites (tertiary alicyclic amines) is 1. The van der Waals surface area contributed by atoms with E-state index in [1.54, 1.807) is 6.20 Å². The van der Waals surface area contributed by atoms with Gasteiger partial charge in [0.25, 0.3) is 0 Å². The van der Waals surface area contributed by atoms with Gasteiger partial charge in [-0.05, 0) is 42.7 Å². The third kappa shape index (κ3) is 3.14. The van der Waals surface area contributed by atoms with E-state index in [0.717, 1.165) is 43.9 Å². The second-order valence-corrected chi connectivity index (χ2v) is 8.14. The molecule has 4 atom stereocenters. The van der Waals surface area contributed by atoms with E-state index in [1.165, 1.54) is 5.56 Å². The van der Waals surface area contributed by atoms with Gasteiger partial charge in [-0.2, -0.15) is 0 Å². The Hall–Kier alpha value is -1.95. The van der Waals surface area contributed by atoms with E-state index in [-0.39, 0.29) is 18.3 Å². The summed E-state index contributed by atoms with van der Waals surface area (Å²) in [6.45, 7) is 3.62. The van der Waals surface area contributed by atoms with Crippen LogP contribution in [0.25, 0.3) is 0 Å². The molecule has 0 radical (unpaired) electrons. The molecule has 0 amide bonds. The second kappa shape index (κ2) is 6.89. The first kappa shape index (κ1) is 17.2. The maximum Gasteiger partial charge on any atom is 0.130 e. The lowest BCUT2D eigenvalue weighted by molar-refractivity contribution is 0.000378. The van der Waals surface area contributed by atoms with Crippen LogP contribution >= 0.6 is 0 Å². The van der Waals surface area contributed by atoms with Gasteiger partial charge in [0.05, 0.1) is 17.4 Å². The summed E-state index contributed by atoms with van der Waals surface area (Å²) in [7, 11) is 0. The van der Waals surface area contributed by atoms with Crippen LogP contribution in [0.4, 0.5) is 0 Å². The quantitative estimate of drug-likeness (QED) is 0.852. The summed E-state index contributed by atoms with van der Waals surface area (Å²) >= 11 is 0.